The Kier molecular flexibility index (Phi) is 4.37. The maximum Gasteiger partial charge on any atom is 0.224 e. The van der Waals surface area contributed by atoms with Crippen molar-refractivity contribution in [3.63, 3.8) is 0 Å². The van der Waals surface area contributed by atoms with Crippen LogP contribution in [0.25, 0.3) is 0 Å². The lowest BCUT2D eigenvalue weighted by Gasteiger charge is -2.11. The molecule has 0 saturated carbocycles. The number of carbonyl (C=O) groups excluding carboxylic acids is 1. The minimum atomic E-state index is 0.129. The molecule has 1 heterocycles. The summed E-state index contributed by atoms with van der Waals surface area (Å²) in [6.45, 7) is 6.33. The Morgan fingerprint density at radius 1 is 1.50 bits per heavy atom. The Morgan fingerprint density at radius 3 is 3.00 bits per heavy atom. The second-order valence-corrected chi connectivity index (χ2v) is 5.39. The molecule has 98 valence electrons. The molecule has 0 aliphatic carbocycles. The van der Waals surface area contributed by atoms with E-state index in [0.717, 1.165) is 25.2 Å². The minimum Gasteiger partial charge on any atom is -0.326 e. The summed E-state index contributed by atoms with van der Waals surface area (Å²) < 4.78 is 0. The van der Waals surface area contributed by atoms with Gasteiger partial charge >= 0.3 is 0 Å². The van der Waals surface area contributed by atoms with Crippen LogP contribution in [0.3, 0.4) is 0 Å². The molecule has 0 radical (unpaired) electrons. The summed E-state index contributed by atoms with van der Waals surface area (Å²) in [5.74, 6) is 1.11. The topological polar surface area (TPSA) is 41.1 Å². The number of amides is 1. The number of hydrogen-bond donors (Lipinski definition) is 2. The quantitative estimate of drug-likeness (QED) is 0.857. The SMILES string of the molecule is CC(C)c1cccc(NC(=O)CC2CCNC2)c1. The van der Waals surface area contributed by atoms with Crippen LogP contribution in [0.5, 0.6) is 0 Å². The van der Waals surface area contributed by atoms with Crippen LogP contribution in [0, 0.1) is 5.92 Å². The van der Waals surface area contributed by atoms with Gasteiger partial charge in [0, 0.05) is 12.1 Å². The number of hydrogen-bond acceptors (Lipinski definition) is 2. The summed E-state index contributed by atoms with van der Waals surface area (Å²) in [5, 5.41) is 6.28. The standard InChI is InChI=1S/C15H22N2O/c1-11(2)13-4-3-5-14(9-13)17-15(18)8-12-6-7-16-10-12/h3-5,9,11-12,16H,6-8,10H2,1-2H3,(H,17,18). The highest BCUT2D eigenvalue weighted by atomic mass is 16.1. The zero-order valence-electron chi connectivity index (χ0n) is 11.2. The Morgan fingerprint density at radius 2 is 2.33 bits per heavy atom. The summed E-state index contributed by atoms with van der Waals surface area (Å²) in [5.41, 5.74) is 2.17. The van der Waals surface area contributed by atoms with E-state index in [2.05, 4.69) is 36.6 Å². The molecule has 1 atom stereocenters. The molecule has 0 aromatic heterocycles. The molecular formula is C15H22N2O. The van der Waals surface area contributed by atoms with Gasteiger partial charge in [-0.3, -0.25) is 4.79 Å². The summed E-state index contributed by atoms with van der Waals surface area (Å²) >= 11 is 0. The monoisotopic (exact) mass is 246 g/mol. The van der Waals surface area contributed by atoms with Gasteiger partial charge in [0.15, 0.2) is 0 Å². The van der Waals surface area contributed by atoms with Crippen molar-refractivity contribution in [2.45, 2.75) is 32.6 Å². The molecule has 1 amide bonds. The van der Waals surface area contributed by atoms with Gasteiger partial charge in [0.2, 0.25) is 5.91 Å². The first-order valence-corrected chi connectivity index (χ1v) is 6.75. The molecular weight excluding hydrogens is 224 g/mol. The normalized spacial score (nSPS) is 19.2. The Hall–Kier alpha value is -1.35. The van der Waals surface area contributed by atoms with Gasteiger partial charge in [0.1, 0.15) is 0 Å². The summed E-state index contributed by atoms with van der Waals surface area (Å²) in [7, 11) is 0. The first kappa shape index (κ1) is 13.1. The minimum absolute atomic E-state index is 0.129. The summed E-state index contributed by atoms with van der Waals surface area (Å²) in [6.07, 6.45) is 1.73. The lowest BCUT2D eigenvalue weighted by atomic mass is 10.0. The number of rotatable bonds is 4. The van der Waals surface area contributed by atoms with Crippen LogP contribution < -0.4 is 10.6 Å². The number of carbonyl (C=O) groups is 1. The van der Waals surface area contributed by atoms with E-state index < -0.39 is 0 Å². The van der Waals surface area contributed by atoms with Gasteiger partial charge in [-0.25, -0.2) is 0 Å². The van der Waals surface area contributed by atoms with Crippen molar-refractivity contribution in [1.82, 2.24) is 5.32 Å². The highest BCUT2D eigenvalue weighted by Gasteiger charge is 2.18. The summed E-state index contributed by atoms with van der Waals surface area (Å²) in [4.78, 5) is 11.9. The van der Waals surface area contributed by atoms with E-state index in [1.807, 2.05) is 12.1 Å². The third-order valence-electron chi connectivity index (χ3n) is 3.47. The molecule has 0 spiro atoms. The highest BCUT2D eigenvalue weighted by Crippen LogP contribution is 2.19. The second-order valence-electron chi connectivity index (χ2n) is 5.39. The molecule has 1 aliphatic heterocycles. The van der Waals surface area contributed by atoms with E-state index in [1.54, 1.807) is 0 Å². The Bertz CT molecular complexity index is 409. The van der Waals surface area contributed by atoms with Crippen LogP contribution in [-0.4, -0.2) is 19.0 Å². The molecule has 1 aliphatic rings. The van der Waals surface area contributed by atoms with Crippen molar-refractivity contribution in [1.29, 1.82) is 0 Å². The van der Waals surface area contributed by atoms with Crippen molar-refractivity contribution in [2.75, 3.05) is 18.4 Å². The summed E-state index contributed by atoms with van der Waals surface area (Å²) in [6, 6.07) is 8.12. The molecule has 1 aromatic carbocycles. The lowest BCUT2D eigenvalue weighted by Crippen LogP contribution is -2.18. The van der Waals surface area contributed by atoms with Gasteiger partial charge < -0.3 is 10.6 Å². The Balaban J connectivity index is 1.91. The fourth-order valence-electron chi connectivity index (χ4n) is 2.34. The maximum atomic E-state index is 11.9. The molecule has 18 heavy (non-hydrogen) atoms. The van der Waals surface area contributed by atoms with Gasteiger partial charge in [-0.2, -0.15) is 0 Å². The molecule has 1 fully saturated rings. The zero-order chi connectivity index (χ0) is 13.0. The fraction of sp³-hybridized carbons (Fsp3) is 0.533. The van der Waals surface area contributed by atoms with Crippen molar-refractivity contribution >= 4 is 11.6 Å². The van der Waals surface area contributed by atoms with Gasteiger partial charge in [0.05, 0.1) is 0 Å². The van der Waals surface area contributed by atoms with Crippen LogP contribution in [0.4, 0.5) is 5.69 Å². The average molecular weight is 246 g/mol. The van der Waals surface area contributed by atoms with E-state index in [0.29, 0.717) is 18.3 Å². The van der Waals surface area contributed by atoms with Crippen molar-refractivity contribution in [3.05, 3.63) is 29.8 Å². The fourth-order valence-corrected chi connectivity index (χ4v) is 2.34. The number of anilines is 1. The van der Waals surface area contributed by atoms with Crippen LogP contribution in [-0.2, 0) is 4.79 Å². The van der Waals surface area contributed by atoms with Crippen LogP contribution >= 0.6 is 0 Å². The van der Waals surface area contributed by atoms with E-state index in [4.69, 9.17) is 0 Å². The van der Waals surface area contributed by atoms with Crippen molar-refractivity contribution in [2.24, 2.45) is 5.92 Å². The number of benzene rings is 1. The third-order valence-corrected chi connectivity index (χ3v) is 3.47. The van der Waals surface area contributed by atoms with Crippen LogP contribution in [0.2, 0.25) is 0 Å². The number of nitrogens with one attached hydrogen (secondary N) is 2. The van der Waals surface area contributed by atoms with E-state index in [-0.39, 0.29) is 5.91 Å². The predicted octanol–water partition coefficient (Wildman–Crippen LogP) is 2.75. The molecule has 0 bridgehead atoms. The lowest BCUT2D eigenvalue weighted by molar-refractivity contribution is -0.116. The molecule has 1 unspecified atom stereocenters. The molecule has 3 nitrogen and oxygen atoms in total. The first-order chi connectivity index (χ1) is 8.65. The molecule has 3 heteroatoms. The van der Waals surface area contributed by atoms with E-state index >= 15 is 0 Å². The molecule has 2 N–H and O–H groups in total. The van der Waals surface area contributed by atoms with E-state index in [9.17, 15) is 4.79 Å². The van der Waals surface area contributed by atoms with E-state index in [1.165, 1.54) is 5.56 Å². The molecule has 2 rings (SSSR count). The largest absolute Gasteiger partial charge is 0.326 e. The second kappa shape index (κ2) is 6.01. The van der Waals surface area contributed by atoms with Crippen molar-refractivity contribution in [3.8, 4) is 0 Å². The molecule has 1 saturated heterocycles. The van der Waals surface area contributed by atoms with Crippen LogP contribution in [0.1, 0.15) is 38.2 Å². The van der Waals surface area contributed by atoms with Crippen LogP contribution in [0.15, 0.2) is 24.3 Å². The smallest absolute Gasteiger partial charge is 0.224 e. The zero-order valence-corrected chi connectivity index (χ0v) is 11.2. The Labute approximate surface area is 109 Å². The third kappa shape index (κ3) is 3.57. The molecule has 1 aromatic rings. The highest BCUT2D eigenvalue weighted by molar-refractivity contribution is 5.90. The average Bonchev–Trinajstić information content (AvgIpc) is 2.82. The van der Waals surface area contributed by atoms with Gasteiger partial charge in [0.25, 0.3) is 0 Å². The predicted molar refractivity (Wildman–Crippen MR) is 74.8 cm³/mol. The van der Waals surface area contributed by atoms with Gasteiger partial charge in [-0.05, 0) is 49.0 Å². The first-order valence-electron chi connectivity index (χ1n) is 6.75. The van der Waals surface area contributed by atoms with Crippen molar-refractivity contribution < 1.29 is 4.79 Å². The van der Waals surface area contributed by atoms with Gasteiger partial charge in [-0.1, -0.05) is 26.0 Å². The van der Waals surface area contributed by atoms with Gasteiger partial charge in [-0.15, -0.1) is 0 Å². The maximum absolute atomic E-state index is 11.9.